The van der Waals surface area contributed by atoms with Gasteiger partial charge in [0.05, 0.1) is 0 Å². The predicted molar refractivity (Wildman–Crippen MR) is 75.6 cm³/mol. The second-order valence-electron chi connectivity index (χ2n) is 5.16. The van der Waals surface area contributed by atoms with Gasteiger partial charge in [-0.3, -0.25) is 4.99 Å². The van der Waals surface area contributed by atoms with E-state index >= 15 is 0 Å². The predicted octanol–water partition coefficient (Wildman–Crippen LogP) is 4.25. The molecule has 1 aromatic rings. The molecule has 0 saturated carbocycles. The van der Waals surface area contributed by atoms with Crippen molar-refractivity contribution in [1.82, 2.24) is 0 Å². The number of benzene rings is 1. The van der Waals surface area contributed by atoms with Crippen LogP contribution in [0, 0.1) is 5.41 Å². The molecule has 0 aliphatic rings. The van der Waals surface area contributed by atoms with Gasteiger partial charge < -0.3 is 0 Å². The van der Waals surface area contributed by atoms with E-state index in [-0.39, 0.29) is 5.41 Å². The zero-order valence-electron chi connectivity index (χ0n) is 11.2. The minimum atomic E-state index is 0.0581. The lowest BCUT2D eigenvalue weighted by Crippen LogP contribution is -2.11. The van der Waals surface area contributed by atoms with Crippen LogP contribution in [-0.2, 0) is 0 Å². The summed E-state index contributed by atoms with van der Waals surface area (Å²) in [5, 5.41) is 0. The van der Waals surface area contributed by atoms with Gasteiger partial charge in [-0.15, -0.1) is 5.73 Å². The first-order valence-electron chi connectivity index (χ1n) is 5.95. The summed E-state index contributed by atoms with van der Waals surface area (Å²) in [7, 11) is 0. The molecule has 90 valence electrons. The van der Waals surface area contributed by atoms with Gasteiger partial charge in [-0.05, 0) is 31.1 Å². The zero-order chi connectivity index (χ0) is 12.7. The monoisotopic (exact) mass is 227 g/mol. The molecular formula is C16H21N. The molecule has 0 aliphatic heterocycles. The molecule has 0 amide bonds. The molecule has 0 aromatic heterocycles. The quantitative estimate of drug-likeness (QED) is 0.538. The molecule has 0 heterocycles. The van der Waals surface area contributed by atoms with Crippen LogP contribution in [0.5, 0.6) is 0 Å². The first-order valence-corrected chi connectivity index (χ1v) is 5.95. The van der Waals surface area contributed by atoms with Crippen LogP contribution < -0.4 is 0 Å². The van der Waals surface area contributed by atoms with E-state index in [1.807, 2.05) is 24.4 Å². The van der Waals surface area contributed by atoms with Crippen LogP contribution in [0.2, 0.25) is 0 Å². The number of aliphatic imine (C=N–C) groups is 1. The van der Waals surface area contributed by atoms with Gasteiger partial charge >= 0.3 is 0 Å². The summed E-state index contributed by atoms with van der Waals surface area (Å²) in [6.45, 7) is 9.23. The van der Waals surface area contributed by atoms with Crippen LogP contribution in [0.25, 0.3) is 0 Å². The van der Waals surface area contributed by atoms with Crippen LogP contribution in [0.1, 0.15) is 33.3 Å². The number of rotatable bonds is 4. The Morgan fingerprint density at radius 1 is 1.24 bits per heavy atom. The summed E-state index contributed by atoms with van der Waals surface area (Å²) in [5.41, 5.74) is 5.66. The first-order chi connectivity index (χ1) is 7.99. The molecule has 0 aliphatic carbocycles. The van der Waals surface area contributed by atoms with Gasteiger partial charge in [0.15, 0.2) is 0 Å². The topological polar surface area (TPSA) is 12.4 Å². The van der Waals surface area contributed by atoms with Crippen molar-refractivity contribution in [2.24, 2.45) is 10.4 Å². The number of nitrogens with zero attached hydrogens (tertiary/aromatic N) is 1. The maximum absolute atomic E-state index is 4.49. The van der Waals surface area contributed by atoms with Gasteiger partial charge in [0.25, 0.3) is 0 Å². The van der Waals surface area contributed by atoms with Crippen molar-refractivity contribution in [1.29, 1.82) is 0 Å². The molecule has 1 rings (SSSR count). The molecule has 0 radical (unpaired) electrons. The van der Waals surface area contributed by atoms with Gasteiger partial charge in [0.1, 0.15) is 0 Å². The Morgan fingerprint density at radius 2 is 1.88 bits per heavy atom. The van der Waals surface area contributed by atoms with Crippen LogP contribution in [0.15, 0.2) is 52.7 Å². The maximum Gasteiger partial charge on any atom is 0.0481 e. The number of hydrogen-bond acceptors (Lipinski definition) is 1. The van der Waals surface area contributed by atoms with Crippen molar-refractivity contribution in [3.8, 4) is 0 Å². The third-order valence-electron chi connectivity index (χ3n) is 2.29. The van der Waals surface area contributed by atoms with Crippen LogP contribution in [0.3, 0.4) is 0 Å². The van der Waals surface area contributed by atoms with Crippen molar-refractivity contribution in [2.45, 2.75) is 27.7 Å². The van der Waals surface area contributed by atoms with E-state index in [0.29, 0.717) is 0 Å². The van der Waals surface area contributed by atoms with Crippen molar-refractivity contribution in [3.05, 3.63) is 53.3 Å². The SMILES string of the molecule is CC(C)=C=CC(C)(C)CN=Cc1ccccc1. The fourth-order valence-corrected chi connectivity index (χ4v) is 1.31. The van der Waals surface area contributed by atoms with Crippen molar-refractivity contribution in [2.75, 3.05) is 6.54 Å². The van der Waals surface area contributed by atoms with E-state index < -0.39 is 0 Å². The highest BCUT2D eigenvalue weighted by molar-refractivity contribution is 5.79. The summed E-state index contributed by atoms with van der Waals surface area (Å²) in [6.07, 6.45) is 4.03. The molecule has 0 saturated heterocycles. The molecule has 1 nitrogen and oxygen atoms in total. The normalized spacial score (nSPS) is 11.3. The lowest BCUT2D eigenvalue weighted by molar-refractivity contribution is 0.498. The van der Waals surface area contributed by atoms with E-state index in [4.69, 9.17) is 0 Å². The molecule has 1 heteroatoms. The minimum Gasteiger partial charge on any atom is -0.292 e. The summed E-state index contributed by atoms with van der Waals surface area (Å²) in [4.78, 5) is 4.49. The lowest BCUT2D eigenvalue weighted by atomic mass is 9.93. The van der Waals surface area contributed by atoms with Gasteiger partial charge in [0, 0.05) is 18.2 Å². The fourth-order valence-electron chi connectivity index (χ4n) is 1.31. The minimum absolute atomic E-state index is 0.0581. The van der Waals surface area contributed by atoms with Crippen LogP contribution >= 0.6 is 0 Å². The lowest BCUT2D eigenvalue weighted by Gasteiger charge is -2.15. The Labute approximate surface area is 105 Å². The molecule has 1 aromatic carbocycles. The Balaban J connectivity index is 2.62. The van der Waals surface area contributed by atoms with Gasteiger partial charge in [-0.1, -0.05) is 44.2 Å². The van der Waals surface area contributed by atoms with E-state index in [9.17, 15) is 0 Å². The maximum atomic E-state index is 4.49. The Bertz CT molecular complexity index is 428. The smallest absolute Gasteiger partial charge is 0.0481 e. The van der Waals surface area contributed by atoms with Gasteiger partial charge in [-0.25, -0.2) is 0 Å². The summed E-state index contributed by atoms with van der Waals surface area (Å²) in [5.74, 6) is 0. The third kappa shape index (κ3) is 5.89. The summed E-state index contributed by atoms with van der Waals surface area (Å²) in [6, 6.07) is 10.2. The molecule has 0 spiro atoms. The fraction of sp³-hybridized carbons (Fsp3) is 0.375. The highest BCUT2D eigenvalue weighted by atomic mass is 14.7. The first kappa shape index (κ1) is 13.5. The van der Waals surface area contributed by atoms with Gasteiger partial charge in [0.2, 0.25) is 0 Å². The summed E-state index contributed by atoms with van der Waals surface area (Å²) < 4.78 is 0. The summed E-state index contributed by atoms with van der Waals surface area (Å²) >= 11 is 0. The average molecular weight is 227 g/mol. The molecular weight excluding hydrogens is 206 g/mol. The van der Waals surface area contributed by atoms with Crippen molar-refractivity contribution in [3.63, 3.8) is 0 Å². The van der Waals surface area contributed by atoms with Gasteiger partial charge in [-0.2, -0.15) is 0 Å². The molecule has 0 atom stereocenters. The van der Waals surface area contributed by atoms with Crippen molar-refractivity contribution >= 4 is 6.21 Å². The van der Waals surface area contributed by atoms with E-state index in [0.717, 1.165) is 12.1 Å². The average Bonchev–Trinajstić information content (AvgIpc) is 2.28. The Morgan fingerprint density at radius 3 is 2.47 bits per heavy atom. The van der Waals surface area contributed by atoms with E-state index in [1.54, 1.807) is 0 Å². The largest absolute Gasteiger partial charge is 0.292 e. The molecule has 17 heavy (non-hydrogen) atoms. The highest BCUT2D eigenvalue weighted by Gasteiger charge is 2.11. The highest BCUT2D eigenvalue weighted by Crippen LogP contribution is 2.17. The molecule has 0 N–H and O–H groups in total. The molecule has 0 bridgehead atoms. The zero-order valence-corrected chi connectivity index (χ0v) is 11.2. The third-order valence-corrected chi connectivity index (χ3v) is 2.29. The second-order valence-corrected chi connectivity index (χ2v) is 5.16. The Hall–Kier alpha value is -1.59. The molecule has 0 fully saturated rings. The molecule has 0 unspecified atom stereocenters. The Kier molecular flexibility index (Phi) is 4.93. The van der Waals surface area contributed by atoms with E-state index in [2.05, 4.69) is 56.6 Å². The standard InChI is InChI=1S/C16H21N/c1-14(2)10-11-16(3,4)13-17-12-15-8-6-5-7-9-15/h5-9,11-12H,13H2,1-4H3. The van der Waals surface area contributed by atoms with Crippen LogP contribution in [-0.4, -0.2) is 12.8 Å². The number of hydrogen-bond donors (Lipinski definition) is 0. The second kappa shape index (κ2) is 6.22. The van der Waals surface area contributed by atoms with E-state index in [1.165, 1.54) is 5.57 Å². The van der Waals surface area contributed by atoms with Crippen molar-refractivity contribution < 1.29 is 0 Å². The van der Waals surface area contributed by atoms with Crippen LogP contribution in [0.4, 0.5) is 0 Å².